The predicted molar refractivity (Wildman–Crippen MR) is 80.9 cm³/mol. The Hall–Kier alpha value is -1.51. The first kappa shape index (κ1) is 14.9. The number of carbonyl (C=O) groups is 1. The molecule has 1 aromatic carbocycles. The number of nitrogens with zero attached hydrogens (tertiary/aromatic N) is 1. The van der Waals surface area contributed by atoms with Crippen LogP contribution >= 0.6 is 0 Å². The van der Waals surface area contributed by atoms with Crippen molar-refractivity contribution in [3.63, 3.8) is 0 Å². The Kier molecular flexibility index (Phi) is 5.05. The zero-order chi connectivity index (χ0) is 14.5. The van der Waals surface area contributed by atoms with Gasteiger partial charge in [-0.05, 0) is 37.8 Å². The first-order chi connectivity index (χ1) is 9.63. The Balaban J connectivity index is 1.99. The molecule has 1 saturated carbocycles. The molecule has 1 aliphatic rings. The maximum atomic E-state index is 12.4. The maximum Gasteiger partial charge on any atom is 0.263 e. The largest absolute Gasteiger partial charge is 0.481 e. The van der Waals surface area contributed by atoms with E-state index in [-0.39, 0.29) is 5.91 Å². The number of para-hydroxylation sites is 1. The highest BCUT2D eigenvalue weighted by molar-refractivity contribution is 5.81. The number of likely N-dealkylation sites (N-methyl/N-ethyl adjacent to an activating group) is 1. The van der Waals surface area contributed by atoms with Gasteiger partial charge in [-0.2, -0.15) is 0 Å². The van der Waals surface area contributed by atoms with Crippen molar-refractivity contribution >= 4 is 5.91 Å². The molecule has 1 atom stereocenters. The Morgan fingerprint density at radius 1 is 1.35 bits per heavy atom. The first-order valence-corrected chi connectivity index (χ1v) is 7.64. The lowest BCUT2D eigenvalue weighted by Gasteiger charge is -2.27. The molecule has 0 aromatic heterocycles. The van der Waals surface area contributed by atoms with Gasteiger partial charge in [0.1, 0.15) is 5.75 Å². The highest BCUT2D eigenvalue weighted by Gasteiger charge is 2.27. The van der Waals surface area contributed by atoms with Crippen molar-refractivity contribution < 1.29 is 9.53 Å². The SMILES string of the molecule is CCc1ccccc1O[C@@H](C)C(=O)N(C)C1CCCC1. The van der Waals surface area contributed by atoms with Gasteiger partial charge in [0.15, 0.2) is 6.10 Å². The van der Waals surface area contributed by atoms with Gasteiger partial charge in [0.05, 0.1) is 0 Å². The molecule has 110 valence electrons. The van der Waals surface area contributed by atoms with Crippen LogP contribution in [0.15, 0.2) is 24.3 Å². The summed E-state index contributed by atoms with van der Waals surface area (Å²) >= 11 is 0. The number of hydrogen-bond acceptors (Lipinski definition) is 2. The fraction of sp³-hybridized carbons (Fsp3) is 0.588. The molecule has 0 N–H and O–H groups in total. The Morgan fingerprint density at radius 2 is 2.00 bits per heavy atom. The number of hydrogen-bond donors (Lipinski definition) is 0. The zero-order valence-corrected chi connectivity index (χ0v) is 12.8. The number of benzene rings is 1. The number of aryl methyl sites for hydroxylation is 1. The number of amides is 1. The highest BCUT2D eigenvalue weighted by atomic mass is 16.5. The minimum absolute atomic E-state index is 0.0859. The molecule has 1 aromatic rings. The number of carbonyl (C=O) groups excluding carboxylic acids is 1. The van der Waals surface area contributed by atoms with E-state index in [9.17, 15) is 4.79 Å². The van der Waals surface area contributed by atoms with Crippen molar-refractivity contribution in [1.29, 1.82) is 0 Å². The van der Waals surface area contributed by atoms with E-state index in [4.69, 9.17) is 4.74 Å². The maximum absolute atomic E-state index is 12.4. The lowest BCUT2D eigenvalue weighted by atomic mass is 10.1. The summed E-state index contributed by atoms with van der Waals surface area (Å²) in [5, 5.41) is 0. The quantitative estimate of drug-likeness (QED) is 0.824. The van der Waals surface area contributed by atoms with Gasteiger partial charge in [0, 0.05) is 13.1 Å². The summed E-state index contributed by atoms with van der Waals surface area (Å²) in [6.07, 6.45) is 5.21. The van der Waals surface area contributed by atoms with E-state index in [1.165, 1.54) is 12.8 Å². The third-order valence-electron chi connectivity index (χ3n) is 4.23. The van der Waals surface area contributed by atoms with E-state index in [0.29, 0.717) is 6.04 Å². The third-order valence-corrected chi connectivity index (χ3v) is 4.23. The zero-order valence-electron chi connectivity index (χ0n) is 12.8. The summed E-state index contributed by atoms with van der Waals surface area (Å²) in [6, 6.07) is 8.34. The summed E-state index contributed by atoms with van der Waals surface area (Å²) in [5.74, 6) is 0.915. The average molecular weight is 275 g/mol. The third kappa shape index (κ3) is 3.33. The van der Waals surface area contributed by atoms with Crippen molar-refractivity contribution in [3.05, 3.63) is 29.8 Å². The first-order valence-electron chi connectivity index (χ1n) is 7.64. The second-order valence-corrected chi connectivity index (χ2v) is 5.61. The molecule has 1 aliphatic carbocycles. The van der Waals surface area contributed by atoms with Gasteiger partial charge >= 0.3 is 0 Å². The van der Waals surface area contributed by atoms with Crippen molar-refractivity contribution in [2.24, 2.45) is 0 Å². The fourth-order valence-electron chi connectivity index (χ4n) is 2.91. The van der Waals surface area contributed by atoms with E-state index >= 15 is 0 Å². The van der Waals surface area contributed by atoms with Crippen LogP contribution in [0.1, 0.15) is 45.1 Å². The minimum atomic E-state index is -0.423. The van der Waals surface area contributed by atoms with E-state index in [1.54, 1.807) is 0 Å². The van der Waals surface area contributed by atoms with Crippen LogP contribution in [-0.4, -0.2) is 30.0 Å². The van der Waals surface area contributed by atoms with Crippen molar-refractivity contribution in [1.82, 2.24) is 4.90 Å². The monoisotopic (exact) mass is 275 g/mol. The van der Waals surface area contributed by atoms with Crippen LogP contribution in [0.2, 0.25) is 0 Å². The van der Waals surface area contributed by atoms with Crippen LogP contribution in [0.4, 0.5) is 0 Å². The van der Waals surface area contributed by atoms with Gasteiger partial charge in [0.2, 0.25) is 0 Å². The van der Waals surface area contributed by atoms with E-state index in [2.05, 4.69) is 6.92 Å². The molecule has 3 nitrogen and oxygen atoms in total. The fourth-order valence-corrected chi connectivity index (χ4v) is 2.91. The van der Waals surface area contributed by atoms with Gasteiger partial charge in [-0.1, -0.05) is 38.0 Å². The van der Waals surface area contributed by atoms with E-state index in [1.807, 2.05) is 43.1 Å². The Bertz CT molecular complexity index is 452. The smallest absolute Gasteiger partial charge is 0.263 e. The lowest BCUT2D eigenvalue weighted by Crippen LogP contribution is -2.43. The number of ether oxygens (including phenoxy) is 1. The molecule has 0 radical (unpaired) electrons. The summed E-state index contributed by atoms with van der Waals surface area (Å²) in [5.41, 5.74) is 1.15. The molecule has 2 rings (SSSR count). The van der Waals surface area contributed by atoms with Gasteiger partial charge < -0.3 is 9.64 Å². The standard InChI is InChI=1S/C17H25NO2/c1-4-14-9-5-8-12-16(14)20-13(2)17(19)18(3)15-10-6-7-11-15/h5,8-9,12-13,15H,4,6-7,10-11H2,1-3H3/t13-/m0/s1. The van der Waals surface area contributed by atoms with Crippen LogP contribution in [-0.2, 0) is 11.2 Å². The Morgan fingerprint density at radius 3 is 2.65 bits per heavy atom. The second kappa shape index (κ2) is 6.78. The van der Waals surface area contributed by atoms with Gasteiger partial charge in [0.25, 0.3) is 5.91 Å². The van der Waals surface area contributed by atoms with E-state index in [0.717, 1.165) is 30.6 Å². The van der Waals surface area contributed by atoms with Crippen LogP contribution in [0, 0.1) is 0 Å². The molecule has 0 spiro atoms. The molecule has 1 fully saturated rings. The molecule has 20 heavy (non-hydrogen) atoms. The topological polar surface area (TPSA) is 29.5 Å². The molecule has 0 saturated heterocycles. The molecule has 0 heterocycles. The Labute approximate surface area is 121 Å². The highest BCUT2D eigenvalue weighted by Crippen LogP contribution is 2.24. The summed E-state index contributed by atoms with van der Waals surface area (Å²) in [6.45, 7) is 3.94. The average Bonchev–Trinajstić information content (AvgIpc) is 3.00. The van der Waals surface area contributed by atoms with Crippen molar-refractivity contribution in [2.45, 2.75) is 58.1 Å². The van der Waals surface area contributed by atoms with Crippen molar-refractivity contribution in [2.75, 3.05) is 7.05 Å². The summed E-state index contributed by atoms with van der Waals surface area (Å²) in [7, 11) is 1.91. The van der Waals surface area contributed by atoms with E-state index < -0.39 is 6.10 Å². The van der Waals surface area contributed by atoms with Crippen LogP contribution < -0.4 is 4.74 Å². The van der Waals surface area contributed by atoms with Crippen molar-refractivity contribution in [3.8, 4) is 5.75 Å². The molecule has 0 unspecified atom stereocenters. The van der Waals surface area contributed by atoms with Crippen LogP contribution in [0.25, 0.3) is 0 Å². The van der Waals surface area contributed by atoms with Gasteiger partial charge in [-0.15, -0.1) is 0 Å². The van der Waals surface area contributed by atoms with Crippen LogP contribution in [0.3, 0.4) is 0 Å². The molecular weight excluding hydrogens is 250 g/mol. The minimum Gasteiger partial charge on any atom is -0.481 e. The molecule has 3 heteroatoms. The van der Waals surface area contributed by atoms with Crippen LogP contribution in [0.5, 0.6) is 5.75 Å². The van der Waals surface area contributed by atoms with Gasteiger partial charge in [-0.3, -0.25) is 4.79 Å². The second-order valence-electron chi connectivity index (χ2n) is 5.61. The number of rotatable bonds is 5. The lowest BCUT2D eigenvalue weighted by molar-refractivity contribution is -0.138. The summed E-state index contributed by atoms with van der Waals surface area (Å²) in [4.78, 5) is 14.3. The molecular formula is C17H25NO2. The summed E-state index contributed by atoms with van der Waals surface area (Å²) < 4.78 is 5.89. The normalized spacial score (nSPS) is 16.9. The molecule has 1 amide bonds. The molecule has 0 aliphatic heterocycles. The predicted octanol–water partition coefficient (Wildman–Crippen LogP) is 3.42. The molecule has 0 bridgehead atoms. The van der Waals surface area contributed by atoms with Gasteiger partial charge in [-0.25, -0.2) is 0 Å².